The highest BCUT2D eigenvalue weighted by atomic mass is 16.1. The van der Waals surface area contributed by atoms with Crippen LogP contribution in [0, 0.1) is 6.92 Å². The van der Waals surface area contributed by atoms with Crippen molar-refractivity contribution in [2.24, 2.45) is 0 Å². The van der Waals surface area contributed by atoms with Crippen molar-refractivity contribution < 1.29 is 9.59 Å². The number of carbonyl (C=O) groups excluding carboxylic acids is 2. The number of carbonyl (C=O) groups is 2. The van der Waals surface area contributed by atoms with Gasteiger partial charge in [0.25, 0.3) is 0 Å². The van der Waals surface area contributed by atoms with Crippen molar-refractivity contribution in [2.75, 3.05) is 0 Å². The molecule has 0 unspecified atom stereocenters. The van der Waals surface area contributed by atoms with Crippen molar-refractivity contribution in [3.8, 4) is 0 Å². The number of hydrogen-bond donors (Lipinski definition) is 0. The predicted octanol–water partition coefficient (Wildman–Crippen LogP) is 3.82. The zero-order valence-electron chi connectivity index (χ0n) is 11.1. The molecule has 0 amide bonds. The highest BCUT2D eigenvalue weighted by Crippen LogP contribution is 2.19. The first-order valence-electron chi connectivity index (χ1n) is 6.37. The molecule has 2 nitrogen and oxygen atoms in total. The van der Waals surface area contributed by atoms with Crippen molar-refractivity contribution in [3.63, 3.8) is 0 Å². The van der Waals surface area contributed by atoms with E-state index in [2.05, 4.69) is 0 Å². The third-order valence-corrected chi connectivity index (χ3v) is 3.24. The lowest BCUT2D eigenvalue weighted by Crippen LogP contribution is -2.08. The zero-order chi connectivity index (χ0) is 13.8. The predicted molar refractivity (Wildman–Crippen MR) is 75.7 cm³/mol. The SMILES string of the molecule is CCC(=O)c1cccc(C(=O)c2ccccc2)c1C. The van der Waals surface area contributed by atoms with E-state index in [4.69, 9.17) is 0 Å². The minimum atomic E-state index is -0.0381. The van der Waals surface area contributed by atoms with E-state index in [1.165, 1.54) is 0 Å². The molecule has 2 heteroatoms. The highest BCUT2D eigenvalue weighted by molar-refractivity contribution is 6.11. The Hall–Kier alpha value is -2.22. The van der Waals surface area contributed by atoms with Crippen LogP contribution >= 0.6 is 0 Å². The molecule has 0 saturated heterocycles. The number of Topliss-reactive ketones (excluding diaryl/α,β-unsaturated/α-hetero) is 1. The molecule has 2 rings (SSSR count). The number of ketones is 2. The highest BCUT2D eigenvalue weighted by Gasteiger charge is 2.15. The van der Waals surface area contributed by atoms with E-state index in [9.17, 15) is 9.59 Å². The van der Waals surface area contributed by atoms with Crippen LogP contribution in [0.25, 0.3) is 0 Å². The fourth-order valence-electron chi connectivity index (χ4n) is 2.12. The maximum Gasteiger partial charge on any atom is 0.193 e. The van der Waals surface area contributed by atoms with Crippen molar-refractivity contribution in [2.45, 2.75) is 20.3 Å². The summed E-state index contributed by atoms with van der Waals surface area (Å²) in [5, 5.41) is 0. The van der Waals surface area contributed by atoms with E-state index >= 15 is 0 Å². The van der Waals surface area contributed by atoms with Crippen LogP contribution in [0.15, 0.2) is 48.5 Å². The number of benzene rings is 2. The molecule has 0 aliphatic heterocycles. The van der Waals surface area contributed by atoms with Gasteiger partial charge in [0, 0.05) is 23.1 Å². The van der Waals surface area contributed by atoms with Gasteiger partial charge >= 0.3 is 0 Å². The summed E-state index contributed by atoms with van der Waals surface area (Å²) in [6.07, 6.45) is 0.448. The van der Waals surface area contributed by atoms with Crippen LogP contribution < -0.4 is 0 Å². The van der Waals surface area contributed by atoms with Crippen LogP contribution in [0.5, 0.6) is 0 Å². The van der Waals surface area contributed by atoms with Crippen molar-refractivity contribution in [1.29, 1.82) is 0 Å². The second-order valence-electron chi connectivity index (χ2n) is 4.45. The van der Waals surface area contributed by atoms with Crippen LogP contribution in [-0.2, 0) is 0 Å². The Bertz CT molecular complexity index is 612. The summed E-state index contributed by atoms with van der Waals surface area (Å²) in [7, 11) is 0. The quantitative estimate of drug-likeness (QED) is 0.775. The number of rotatable bonds is 4. The van der Waals surface area contributed by atoms with Crippen molar-refractivity contribution in [3.05, 3.63) is 70.8 Å². The van der Waals surface area contributed by atoms with Gasteiger partial charge in [-0.1, -0.05) is 55.5 Å². The topological polar surface area (TPSA) is 34.1 Å². The van der Waals surface area contributed by atoms with Crippen LogP contribution in [0.3, 0.4) is 0 Å². The van der Waals surface area contributed by atoms with Gasteiger partial charge in [0.1, 0.15) is 0 Å². The lowest BCUT2D eigenvalue weighted by molar-refractivity contribution is 0.0987. The van der Waals surface area contributed by atoms with Gasteiger partial charge < -0.3 is 0 Å². The van der Waals surface area contributed by atoms with Gasteiger partial charge in [0.15, 0.2) is 11.6 Å². The smallest absolute Gasteiger partial charge is 0.193 e. The normalized spacial score (nSPS) is 10.2. The fourth-order valence-corrected chi connectivity index (χ4v) is 2.12. The minimum absolute atomic E-state index is 0.0381. The lowest BCUT2D eigenvalue weighted by Gasteiger charge is -2.09. The zero-order valence-corrected chi connectivity index (χ0v) is 11.1. The van der Waals surface area contributed by atoms with Gasteiger partial charge in [-0.3, -0.25) is 9.59 Å². The van der Waals surface area contributed by atoms with Gasteiger partial charge in [0.2, 0.25) is 0 Å². The Balaban J connectivity index is 2.47. The summed E-state index contributed by atoms with van der Waals surface area (Å²) in [4.78, 5) is 24.3. The molecule has 0 bridgehead atoms. The molecule has 0 aromatic heterocycles. The third kappa shape index (κ3) is 2.63. The molecule has 0 N–H and O–H groups in total. The molecule has 0 radical (unpaired) electrons. The van der Waals surface area contributed by atoms with E-state index in [-0.39, 0.29) is 11.6 Å². The number of hydrogen-bond acceptors (Lipinski definition) is 2. The summed E-state index contributed by atoms with van der Waals surface area (Å²) in [6, 6.07) is 14.5. The van der Waals surface area contributed by atoms with Gasteiger partial charge in [0.05, 0.1) is 0 Å². The summed E-state index contributed by atoms with van der Waals surface area (Å²) >= 11 is 0. The molecular formula is C17H16O2. The van der Waals surface area contributed by atoms with Gasteiger partial charge in [-0.05, 0) is 12.5 Å². The first-order chi connectivity index (χ1) is 9.15. The molecule has 2 aromatic rings. The van der Waals surface area contributed by atoms with Crippen LogP contribution in [-0.4, -0.2) is 11.6 Å². The Kier molecular flexibility index (Phi) is 3.91. The van der Waals surface area contributed by atoms with Gasteiger partial charge in [-0.25, -0.2) is 0 Å². The monoisotopic (exact) mass is 252 g/mol. The van der Waals surface area contributed by atoms with Crippen LogP contribution in [0.1, 0.15) is 45.2 Å². The van der Waals surface area contributed by atoms with E-state index in [1.807, 2.05) is 32.0 Å². The summed E-state index contributed by atoms with van der Waals surface area (Å²) in [6.45, 7) is 3.66. The third-order valence-electron chi connectivity index (χ3n) is 3.24. The lowest BCUT2D eigenvalue weighted by atomic mass is 9.93. The average Bonchev–Trinajstić information content (AvgIpc) is 2.47. The first kappa shape index (κ1) is 13.2. The molecule has 0 fully saturated rings. The molecule has 0 spiro atoms. The van der Waals surface area contributed by atoms with Gasteiger partial charge in [-0.15, -0.1) is 0 Å². The van der Waals surface area contributed by atoms with Gasteiger partial charge in [-0.2, -0.15) is 0 Å². The van der Waals surface area contributed by atoms with Crippen LogP contribution in [0.2, 0.25) is 0 Å². The Morgan fingerprint density at radius 2 is 1.53 bits per heavy atom. The summed E-state index contributed by atoms with van der Waals surface area (Å²) in [5.74, 6) is 0.0315. The largest absolute Gasteiger partial charge is 0.294 e. The molecule has 0 saturated carbocycles. The second kappa shape index (κ2) is 5.61. The standard InChI is InChI=1S/C17H16O2/c1-3-16(18)14-10-7-11-15(12(14)2)17(19)13-8-5-4-6-9-13/h4-11H,3H2,1-2H3. The molecule has 2 aromatic carbocycles. The average molecular weight is 252 g/mol. The second-order valence-corrected chi connectivity index (χ2v) is 4.45. The molecule has 0 heterocycles. The molecule has 0 atom stereocenters. The van der Waals surface area contributed by atoms with Crippen molar-refractivity contribution >= 4 is 11.6 Å². The Morgan fingerprint density at radius 1 is 0.895 bits per heavy atom. The molecule has 0 aliphatic carbocycles. The van der Waals surface area contributed by atoms with E-state index in [1.54, 1.807) is 30.3 Å². The van der Waals surface area contributed by atoms with E-state index in [0.29, 0.717) is 23.1 Å². The molecule has 19 heavy (non-hydrogen) atoms. The molecular weight excluding hydrogens is 236 g/mol. The first-order valence-corrected chi connectivity index (χ1v) is 6.37. The van der Waals surface area contributed by atoms with E-state index < -0.39 is 0 Å². The maximum absolute atomic E-state index is 12.4. The Morgan fingerprint density at radius 3 is 2.16 bits per heavy atom. The van der Waals surface area contributed by atoms with Crippen molar-refractivity contribution in [1.82, 2.24) is 0 Å². The maximum atomic E-state index is 12.4. The molecule has 96 valence electrons. The van der Waals surface area contributed by atoms with E-state index in [0.717, 1.165) is 5.56 Å². The Labute approximate surface area is 113 Å². The summed E-state index contributed by atoms with van der Waals surface area (Å²) in [5.41, 5.74) is 2.66. The minimum Gasteiger partial charge on any atom is -0.294 e. The van der Waals surface area contributed by atoms with Crippen LogP contribution in [0.4, 0.5) is 0 Å². The fraction of sp³-hybridized carbons (Fsp3) is 0.176. The summed E-state index contributed by atoms with van der Waals surface area (Å²) < 4.78 is 0. The molecule has 0 aliphatic rings.